The molecule has 0 aliphatic rings. The zero-order valence-corrected chi connectivity index (χ0v) is 18.4. The maximum atomic E-state index is 4.90. The average Bonchev–Trinajstić information content (AvgIpc) is 3.00. The van der Waals surface area contributed by atoms with Gasteiger partial charge in [0.1, 0.15) is 0 Å². The minimum atomic E-state index is 0.0641. The summed E-state index contributed by atoms with van der Waals surface area (Å²) in [6.07, 6.45) is 2.88. The summed E-state index contributed by atoms with van der Waals surface area (Å²) in [5, 5.41) is 3.78. The molecule has 0 radical (unpaired) electrons. The highest BCUT2D eigenvalue weighted by atomic mass is 32.1. The van der Waals surface area contributed by atoms with Crippen molar-refractivity contribution in [2.45, 2.75) is 53.4 Å². The van der Waals surface area contributed by atoms with E-state index in [4.69, 9.17) is 9.97 Å². The Kier molecular flexibility index (Phi) is 4.54. The molecule has 4 rings (SSSR count). The van der Waals surface area contributed by atoms with Crippen LogP contribution in [0.25, 0.3) is 32.2 Å². The largest absolute Gasteiger partial charge is 0.255 e. The summed E-state index contributed by atoms with van der Waals surface area (Å²) in [6, 6.07) is 15.3. The molecule has 0 bridgehead atoms. The van der Waals surface area contributed by atoms with Crippen molar-refractivity contribution in [1.29, 1.82) is 0 Å². The van der Waals surface area contributed by atoms with Crippen LogP contribution in [-0.4, -0.2) is 9.97 Å². The Labute approximate surface area is 171 Å². The molecule has 2 aromatic heterocycles. The highest BCUT2D eigenvalue weighted by Gasteiger charge is 2.21. The third kappa shape index (κ3) is 3.68. The Bertz CT molecular complexity index is 1160. The first-order chi connectivity index (χ1) is 13.1. The van der Waals surface area contributed by atoms with E-state index in [1.807, 2.05) is 12.3 Å². The molecular weight excluding hydrogens is 360 g/mol. The van der Waals surface area contributed by atoms with Gasteiger partial charge >= 0.3 is 0 Å². The van der Waals surface area contributed by atoms with Gasteiger partial charge in [-0.3, -0.25) is 4.98 Å². The van der Waals surface area contributed by atoms with Crippen molar-refractivity contribution in [1.82, 2.24) is 9.97 Å². The molecule has 3 heteroatoms. The first kappa shape index (κ1) is 19.1. The first-order valence-electron chi connectivity index (χ1n) is 9.90. The summed E-state index contributed by atoms with van der Waals surface area (Å²) in [6.45, 7) is 13.6. The summed E-state index contributed by atoms with van der Waals surface area (Å²) in [5.74, 6) is 0. The average molecular weight is 389 g/mol. The molecule has 2 nitrogen and oxygen atoms in total. The fraction of sp³-hybridized carbons (Fsp3) is 0.360. The van der Waals surface area contributed by atoms with E-state index in [0.29, 0.717) is 0 Å². The molecule has 2 aromatic carbocycles. The predicted molar refractivity (Wildman–Crippen MR) is 122 cm³/mol. The Morgan fingerprint density at radius 1 is 0.929 bits per heavy atom. The van der Waals surface area contributed by atoms with Crippen molar-refractivity contribution in [3.05, 3.63) is 59.2 Å². The van der Waals surface area contributed by atoms with Crippen LogP contribution in [0.5, 0.6) is 0 Å². The lowest BCUT2D eigenvalue weighted by atomic mass is 9.82. The van der Waals surface area contributed by atoms with Gasteiger partial charge < -0.3 is 0 Å². The topological polar surface area (TPSA) is 25.8 Å². The minimum absolute atomic E-state index is 0.0641. The highest BCUT2D eigenvalue weighted by Crippen LogP contribution is 2.38. The van der Waals surface area contributed by atoms with Gasteiger partial charge in [-0.15, -0.1) is 11.3 Å². The van der Waals surface area contributed by atoms with Gasteiger partial charge in [-0.05, 0) is 45.4 Å². The molecular formula is C25H28N2S. The van der Waals surface area contributed by atoms with Crippen LogP contribution in [0.2, 0.25) is 0 Å². The van der Waals surface area contributed by atoms with Crippen LogP contribution in [0.3, 0.4) is 0 Å². The third-order valence-electron chi connectivity index (χ3n) is 4.97. The van der Waals surface area contributed by atoms with E-state index < -0.39 is 0 Å². The van der Waals surface area contributed by atoms with Crippen molar-refractivity contribution in [2.24, 2.45) is 5.41 Å². The number of pyridine rings is 1. The fourth-order valence-electron chi connectivity index (χ4n) is 3.70. The van der Waals surface area contributed by atoms with Gasteiger partial charge in [-0.1, -0.05) is 65.8 Å². The van der Waals surface area contributed by atoms with Crippen LogP contribution in [0.1, 0.15) is 52.1 Å². The van der Waals surface area contributed by atoms with Gasteiger partial charge in [0.25, 0.3) is 0 Å². The SMILES string of the molecule is CC(C)(C)Cc1nc2ccnc(-c3cc(C(C)(C)C)c4ccccc4c3)c2s1. The Morgan fingerprint density at radius 3 is 2.39 bits per heavy atom. The minimum Gasteiger partial charge on any atom is -0.255 e. The molecule has 28 heavy (non-hydrogen) atoms. The van der Waals surface area contributed by atoms with E-state index in [1.165, 1.54) is 31.6 Å². The number of nitrogens with zero attached hydrogens (tertiary/aromatic N) is 2. The quantitative estimate of drug-likeness (QED) is 0.357. The second kappa shape index (κ2) is 6.66. The molecule has 0 fully saturated rings. The van der Waals surface area contributed by atoms with Gasteiger partial charge in [0.2, 0.25) is 0 Å². The van der Waals surface area contributed by atoms with Crippen LogP contribution < -0.4 is 0 Å². The molecule has 0 aliphatic heterocycles. The molecule has 0 saturated heterocycles. The van der Waals surface area contributed by atoms with E-state index >= 15 is 0 Å². The summed E-state index contributed by atoms with van der Waals surface area (Å²) in [4.78, 5) is 9.68. The normalized spacial score (nSPS) is 12.8. The Morgan fingerprint density at radius 2 is 1.68 bits per heavy atom. The molecule has 0 atom stereocenters. The molecule has 4 aromatic rings. The van der Waals surface area contributed by atoms with Gasteiger partial charge in [0.05, 0.1) is 20.9 Å². The standard InChI is InChI=1S/C25H28N2S/c1-24(2,3)15-21-27-20-11-12-26-22(23(20)28-21)17-13-16-9-7-8-10-18(16)19(14-17)25(4,5)6/h7-14H,15H2,1-6H3. The molecule has 0 N–H and O–H groups in total. The van der Waals surface area contributed by atoms with Crippen LogP contribution in [0.15, 0.2) is 48.7 Å². The van der Waals surface area contributed by atoms with Gasteiger partial charge in [0.15, 0.2) is 0 Å². The number of thiazole rings is 1. The number of fused-ring (bicyclic) bond motifs is 2. The van der Waals surface area contributed by atoms with Crippen LogP contribution >= 0.6 is 11.3 Å². The van der Waals surface area contributed by atoms with Gasteiger partial charge in [-0.25, -0.2) is 4.98 Å². The van der Waals surface area contributed by atoms with Crippen LogP contribution in [0.4, 0.5) is 0 Å². The smallest absolute Gasteiger partial charge is 0.0944 e. The predicted octanol–water partition coefficient (Wildman–Crippen LogP) is 7.40. The number of rotatable bonds is 2. The van der Waals surface area contributed by atoms with E-state index in [2.05, 4.69) is 77.9 Å². The molecule has 2 heterocycles. The summed E-state index contributed by atoms with van der Waals surface area (Å²) in [5.41, 5.74) is 4.93. The maximum absolute atomic E-state index is 4.90. The van der Waals surface area contributed by atoms with E-state index in [-0.39, 0.29) is 10.8 Å². The zero-order chi connectivity index (χ0) is 20.1. The molecule has 0 amide bonds. The first-order valence-corrected chi connectivity index (χ1v) is 10.7. The summed E-state index contributed by atoms with van der Waals surface area (Å²) in [7, 11) is 0. The second-order valence-electron chi connectivity index (χ2n) is 9.85. The van der Waals surface area contributed by atoms with E-state index in [9.17, 15) is 0 Å². The van der Waals surface area contributed by atoms with Gasteiger partial charge in [-0.2, -0.15) is 0 Å². The molecule has 0 saturated carbocycles. The zero-order valence-electron chi connectivity index (χ0n) is 17.6. The lowest BCUT2D eigenvalue weighted by molar-refractivity contribution is 0.411. The molecule has 0 unspecified atom stereocenters. The molecule has 0 aliphatic carbocycles. The summed E-state index contributed by atoms with van der Waals surface area (Å²) < 4.78 is 1.19. The van der Waals surface area contributed by atoms with Crippen molar-refractivity contribution >= 4 is 32.3 Å². The second-order valence-corrected chi connectivity index (χ2v) is 10.9. The lowest BCUT2D eigenvalue weighted by Gasteiger charge is -2.22. The van der Waals surface area contributed by atoms with Crippen molar-refractivity contribution in [2.75, 3.05) is 0 Å². The Balaban J connectivity index is 1.94. The number of benzene rings is 2. The fourth-order valence-corrected chi connectivity index (χ4v) is 5.07. The number of hydrogen-bond acceptors (Lipinski definition) is 3. The lowest BCUT2D eigenvalue weighted by Crippen LogP contribution is -2.12. The van der Waals surface area contributed by atoms with Gasteiger partial charge in [0, 0.05) is 18.2 Å². The van der Waals surface area contributed by atoms with E-state index in [1.54, 1.807) is 11.3 Å². The van der Waals surface area contributed by atoms with Crippen LogP contribution in [-0.2, 0) is 11.8 Å². The van der Waals surface area contributed by atoms with Crippen LogP contribution in [0, 0.1) is 5.41 Å². The molecule has 0 spiro atoms. The molecule has 144 valence electrons. The van der Waals surface area contributed by atoms with E-state index in [0.717, 1.165) is 17.6 Å². The van der Waals surface area contributed by atoms with Crippen molar-refractivity contribution < 1.29 is 0 Å². The maximum Gasteiger partial charge on any atom is 0.0944 e. The Hall–Kier alpha value is -2.26. The summed E-state index contributed by atoms with van der Waals surface area (Å²) >= 11 is 1.79. The van der Waals surface area contributed by atoms with Crippen molar-refractivity contribution in [3.63, 3.8) is 0 Å². The number of hydrogen-bond donors (Lipinski definition) is 0. The number of aromatic nitrogens is 2. The van der Waals surface area contributed by atoms with Crippen molar-refractivity contribution in [3.8, 4) is 11.3 Å². The third-order valence-corrected chi connectivity index (χ3v) is 6.05. The monoisotopic (exact) mass is 388 g/mol. The highest BCUT2D eigenvalue weighted by molar-refractivity contribution is 7.19.